The number of nitrogens with two attached hydrogens (primary N) is 1. The van der Waals surface area contributed by atoms with Crippen molar-refractivity contribution in [3.8, 4) is 5.75 Å². The lowest BCUT2D eigenvalue weighted by atomic mass is 10.1. The molecule has 0 spiro atoms. The number of carboxylic acids is 1. The topological polar surface area (TPSA) is 92.9 Å². The second-order valence-electron chi connectivity index (χ2n) is 4.06. The Balaban J connectivity index is 2.63. The average molecular weight is 252 g/mol. The normalized spacial score (nSPS) is 11.7. The molecule has 1 aromatic carbocycles. The van der Waals surface area contributed by atoms with E-state index in [0.717, 1.165) is 5.56 Å². The fourth-order valence-corrected chi connectivity index (χ4v) is 1.23. The van der Waals surface area contributed by atoms with E-state index in [1.54, 1.807) is 38.4 Å². The van der Waals surface area contributed by atoms with E-state index in [4.69, 9.17) is 15.6 Å². The number of carbonyl (C=O) groups is 2. The second kappa shape index (κ2) is 6.02. The molecule has 0 aliphatic carbocycles. The first-order chi connectivity index (χ1) is 8.40. The Morgan fingerprint density at radius 1 is 1.33 bits per heavy atom. The van der Waals surface area contributed by atoms with Gasteiger partial charge in [0, 0.05) is 14.1 Å². The number of rotatable bonds is 4. The summed E-state index contributed by atoms with van der Waals surface area (Å²) in [6.07, 6.45) is -0.234. The summed E-state index contributed by atoms with van der Waals surface area (Å²) < 4.78 is 5.02. The maximum atomic E-state index is 11.3. The van der Waals surface area contributed by atoms with E-state index in [0.29, 0.717) is 5.75 Å². The van der Waals surface area contributed by atoms with E-state index in [1.807, 2.05) is 0 Å². The molecule has 0 heterocycles. The molecule has 1 unspecified atom stereocenters. The van der Waals surface area contributed by atoms with Gasteiger partial charge in [-0.1, -0.05) is 12.1 Å². The summed E-state index contributed by atoms with van der Waals surface area (Å²) in [5.74, 6) is -0.639. The van der Waals surface area contributed by atoms with Gasteiger partial charge in [-0.3, -0.25) is 4.79 Å². The zero-order valence-electron chi connectivity index (χ0n) is 10.3. The maximum absolute atomic E-state index is 11.3. The third-order valence-corrected chi connectivity index (χ3v) is 2.27. The molecule has 0 saturated carbocycles. The quantitative estimate of drug-likeness (QED) is 0.822. The maximum Gasteiger partial charge on any atom is 0.414 e. The highest BCUT2D eigenvalue weighted by Crippen LogP contribution is 2.14. The van der Waals surface area contributed by atoms with Gasteiger partial charge in [0.05, 0.1) is 0 Å². The Morgan fingerprint density at radius 3 is 2.33 bits per heavy atom. The predicted octanol–water partition coefficient (Wildman–Crippen LogP) is 0.701. The number of nitrogens with zero attached hydrogens (tertiary/aromatic N) is 1. The molecule has 0 saturated heterocycles. The number of hydrogen-bond donors (Lipinski definition) is 2. The minimum Gasteiger partial charge on any atom is -0.480 e. The van der Waals surface area contributed by atoms with Crippen molar-refractivity contribution in [2.24, 2.45) is 5.73 Å². The van der Waals surface area contributed by atoms with Gasteiger partial charge in [-0.15, -0.1) is 0 Å². The van der Waals surface area contributed by atoms with Crippen molar-refractivity contribution < 1.29 is 19.4 Å². The fourth-order valence-electron chi connectivity index (χ4n) is 1.23. The van der Waals surface area contributed by atoms with E-state index >= 15 is 0 Å². The van der Waals surface area contributed by atoms with Crippen molar-refractivity contribution in [2.45, 2.75) is 12.5 Å². The van der Waals surface area contributed by atoms with Crippen molar-refractivity contribution in [1.82, 2.24) is 4.90 Å². The molecule has 6 heteroatoms. The van der Waals surface area contributed by atoms with E-state index in [9.17, 15) is 9.59 Å². The summed E-state index contributed by atoms with van der Waals surface area (Å²) in [6.45, 7) is 0. The molecule has 1 aromatic rings. The first-order valence-corrected chi connectivity index (χ1v) is 5.36. The van der Waals surface area contributed by atoms with Crippen LogP contribution in [0.15, 0.2) is 24.3 Å². The van der Waals surface area contributed by atoms with Crippen LogP contribution in [0.5, 0.6) is 5.75 Å². The van der Waals surface area contributed by atoms with Crippen LogP contribution in [0.1, 0.15) is 5.56 Å². The zero-order chi connectivity index (χ0) is 13.7. The van der Waals surface area contributed by atoms with Gasteiger partial charge < -0.3 is 20.5 Å². The van der Waals surface area contributed by atoms with Gasteiger partial charge in [0.25, 0.3) is 0 Å². The van der Waals surface area contributed by atoms with Gasteiger partial charge in [-0.05, 0) is 24.1 Å². The SMILES string of the molecule is CN(C)C(=O)Oc1ccc(CC(N)C(=O)O)cc1. The Morgan fingerprint density at radius 2 is 1.89 bits per heavy atom. The van der Waals surface area contributed by atoms with Gasteiger partial charge in [0.1, 0.15) is 11.8 Å². The van der Waals surface area contributed by atoms with Crippen molar-refractivity contribution in [3.63, 3.8) is 0 Å². The summed E-state index contributed by atoms with van der Waals surface area (Å²) >= 11 is 0. The zero-order valence-corrected chi connectivity index (χ0v) is 10.3. The van der Waals surface area contributed by atoms with Crippen LogP contribution in [0.3, 0.4) is 0 Å². The molecule has 0 radical (unpaired) electrons. The molecule has 0 fully saturated rings. The molecule has 18 heavy (non-hydrogen) atoms. The van der Waals surface area contributed by atoms with Crippen molar-refractivity contribution in [1.29, 1.82) is 0 Å². The smallest absolute Gasteiger partial charge is 0.414 e. The van der Waals surface area contributed by atoms with Crippen LogP contribution in [0.25, 0.3) is 0 Å². The second-order valence-corrected chi connectivity index (χ2v) is 4.06. The molecule has 3 N–H and O–H groups in total. The summed E-state index contributed by atoms with van der Waals surface area (Å²) in [5.41, 5.74) is 6.19. The molecular weight excluding hydrogens is 236 g/mol. The Hall–Kier alpha value is -2.08. The van der Waals surface area contributed by atoms with Crippen LogP contribution in [0.2, 0.25) is 0 Å². The average Bonchev–Trinajstić information content (AvgIpc) is 2.31. The van der Waals surface area contributed by atoms with E-state index < -0.39 is 18.1 Å². The van der Waals surface area contributed by atoms with E-state index in [2.05, 4.69) is 0 Å². The van der Waals surface area contributed by atoms with Crippen molar-refractivity contribution in [3.05, 3.63) is 29.8 Å². The first kappa shape index (κ1) is 14.0. The molecule has 0 aromatic heterocycles. The van der Waals surface area contributed by atoms with Gasteiger partial charge >= 0.3 is 12.1 Å². The van der Waals surface area contributed by atoms with Gasteiger partial charge in [0.15, 0.2) is 0 Å². The van der Waals surface area contributed by atoms with Crippen molar-refractivity contribution in [2.75, 3.05) is 14.1 Å². The molecule has 6 nitrogen and oxygen atoms in total. The summed E-state index contributed by atoms with van der Waals surface area (Å²) in [4.78, 5) is 23.2. The molecule has 98 valence electrons. The van der Waals surface area contributed by atoms with Gasteiger partial charge in [-0.2, -0.15) is 0 Å². The molecule has 1 atom stereocenters. The molecule has 0 bridgehead atoms. The monoisotopic (exact) mass is 252 g/mol. The largest absolute Gasteiger partial charge is 0.480 e. The number of amides is 1. The van der Waals surface area contributed by atoms with Crippen molar-refractivity contribution >= 4 is 12.1 Å². The molecular formula is C12H16N2O4. The third-order valence-electron chi connectivity index (χ3n) is 2.27. The summed E-state index contributed by atoms with van der Waals surface area (Å²) in [6, 6.07) is 5.64. The highest BCUT2D eigenvalue weighted by atomic mass is 16.6. The van der Waals surface area contributed by atoms with Crippen LogP contribution < -0.4 is 10.5 Å². The number of carboxylic acid groups (broad SMARTS) is 1. The molecule has 0 aliphatic heterocycles. The van der Waals surface area contributed by atoms with Crippen LogP contribution in [-0.4, -0.2) is 42.2 Å². The molecule has 0 aliphatic rings. The van der Waals surface area contributed by atoms with Crippen LogP contribution >= 0.6 is 0 Å². The number of carbonyl (C=O) groups excluding carboxylic acids is 1. The minimum absolute atomic E-state index is 0.233. The highest BCUT2D eigenvalue weighted by Gasteiger charge is 2.12. The first-order valence-electron chi connectivity index (χ1n) is 5.36. The fraction of sp³-hybridized carbons (Fsp3) is 0.333. The van der Waals surface area contributed by atoms with E-state index in [-0.39, 0.29) is 6.42 Å². The Kier molecular flexibility index (Phi) is 4.67. The molecule has 1 amide bonds. The van der Waals surface area contributed by atoms with Crippen LogP contribution in [-0.2, 0) is 11.2 Å². The summed E-state index contributed by atoms with van der Waals surface area (Å²) in [5, 5.41) is 8.68. The number of hydrogen-bond acceptors (Lipinski definition) is 4. The van der Waals surface area contributed by atoms with Crippen LogP contribution in [0, 0.1) is 0 Å². The van der Waals surface area contributed by atoms with E-state index in [1.165, 1.54) is 4.90 Å². The standard InChI is InChI=1S/C12H16N2O4/c1-14(2)12(17)18-9-5-3-8(4-6-9)7-10(13)11(15)16/h3-6,10H,7,13H2,1-2H3,(H,15,16). The predicted molar refractivity (Wildman–Crippen MR) is 65.5 cm³/mol. The third kappa shape index (κ3) is 4.06. The van der Waals surface area contributed by atoms with Crippen LogP contribution in [0.4, 0.5) is 4.79 Å². The number of benzene rings is 1. The number of aliphatic carboxylic acids is 1. The lowest BCUT2D eigenvalue weighted by molar-refractivity contribution is -0.138. The van der Waals surface area contributed by atoms with Gasteiger partial charge in [0.2, 0.25) is 0 Å². The lowest BCUT2D eigenvalue weighted by Crippen LogP contribution is -2.32. The Labute approximate surface area is 105 Å². The highest BCUT2D eigenvalue weighted by molar-refractivity contribution is 5.73. The Bertz CT molecular complexity index is 428. The minimum atomic E-state index is -1.04. The molecule has 1 rings (SSSR count). The summed E-state index contributed by atoms with van der Waals surface area (Å²) in [7, 11) is 3.17. The number of ether oxygens (including phenoxy) is 1. The van der Waals surface area contributed by atoms with Gasteiger partial charge in [-0.25, -0.2) is 4.79 Å². The lowest BCUT2D eigenvalue weighted by Gasteiger charge is -2.11.